The molecule has 3 aromatic rings. The van der Waals surface area contributed by atoms with Gasteiger partial charge in [0.25, 0.3) is 0 Å². The molecule has 0 aromatic heterocycles. The van der Waals surface area contributed by atoms with E-state index < -0.39 is 29.0 Å². The summed E-state index contributed by atoms with van der Waals surface area (Å²) in [6, 6.07) is 11.0. The van der Waals surface area contributed by atoms with Gasteiger partial charge in [-0.25, -0.2) is 8.78 Å². The Labute approximate surface area is 241 Å². The number of hydrogen-bond donors (Lipinski definition) is 1. The molecule has 0 spiro atoms. The molecular weight excluding hydrogens is 548 g/mol. The molecule has 0 bridgehead atoms. The number of nitrogens with zero attached hydrogens (tertiary/aromatic N) is 2. The maximum Gasteiger partial charge on any atom is 0.203 e. The largest absolute Gasteiger partial charge is 0.508 e. The lowest BCUT2D eigenvalue weighted by Gasteiger charge is -2.49. The summed E-state index contributed by atoms with van der Waals surface area (Å²) < 4.78 is 65.8. The highest BCUT2D eigenvalue weighted by molar-refractivity contribution is 5.93. The minimum absolute atomic E-state index is 0.0137. The molecule has 9 heteroatoms. The molecule has 4 atom stereocenters. The van der Waals surface area contributed by atoms with Crippen molar-refractivity contribution in [1.82, 2.24) is 0 Å². The van der Waals surface area contributed by atoms with E-state index >= 15 is 0 Å². The van der Waals surface area contributed by atoms with Crippen molar-refractivity contribution < 1.29 is 32.1 Å². The Morgan fingerprint density at radius 1 is 0.976 bits per heavy atom. The molecule has 0 saturated heterocycles. The second-order valence-corrected chi connectivity index (χ2v) is 11.7. The van der Waals surface area contributed by atoms with Crippen LogP contribution in [0.25, 0.3) is 0 Å². The lowest BCUT2D eigenvalue weighted by molar-refractivity contribution is 0.0955. The van der Waals surface area contributed by atoms with Gasteiger partial charge in [-0.2, -0.15) is 19.0 Å². The number of benzene rings is 3. The second-order valence-electron chi connectivity index (χ2n) is 11.7. The van der Waals surface area contributed by atoms with Crippen LogP contribution in [0.1, 0.15) is 67.2 Å². The molecular formula is C33H32F4N2O3. The van der Waals surface area contributed by atoms with Crippen LogP contribution in [0, 0.1) is 40.5 Å². The van der Waals surface area contributed by atoms with E-state index in [9.17, 15) is 22.7 Å². The van der Waals surface area contributed by atoms with Gasteiger partial charge in [0, 0.05) is 22.8 Å². The van der Waals surface area contributed by atoms with Gasteiger partial charge >= 0.3 is 0 Å². The van der Waals surface area contributed by atoms with Gasteiger partial charge in [0.1, 0.15) is 18.1 Å². The summed E-state index contributed by atoms with van der Waals surface area (Å²) in [6.07, 6.45) is 7.79. The predicted molar refractivity (Wildman–Crippen MR) is 151 cm³/mol. The molecule has 220 valence electrons. The van der Waals surface area contributed by atoms with Gasteiger partial charge in [0.2, 0.25) is 11.6 Å². The van der Waals surface area contributed by atoms with Crippen molar-refractivity contribution in [3.05, 3.63) is 88.0 Å². The molecule has 1 N–H and O–H groups in total. The third-order valence-electron chi connectivity index (χ3n) is 9.58. The minimum atomic E-state index is -1.60. The molecule has 2 fully saturated rings. The van der Waals surface area contributed by atoms with Gasteiger partial charge in [-0.15, -0.1) is 0 Å². The number of aromatic hydroxyl groups is 1. The van der Waals surface area contributed by atoms with E-state index in [0.29, 0.717) is 40.4 Å². The van der Waals surface area contributed by atoms with E-state index in [1.54, 1.807) is 30.5 Å². The Hall–Kier alpha value is -3.88. The highest BCUT2D eigenvalue weighted by atomic mass is 19.2. The van der Waals surface area contributed by atoms with E-state index in [4.69, 9.17) is 9.47 Å². The van der Waals surface area contributed by atoms with E-state index in [1.807, 2.05) is 6.07 Å². The number of phenolic OH excluding ortho intramolecular Hbond substituents is 1. The van der Waals surface area contributed by atoms with Crippen molar-refractivity contribution in [2.24, 2.45) is 27.5 Å². The summed E-state index contributed by atoms with van der Waals surface area (Å²) in [7, 11) is 1.43. The topological polar surface area (TPSA) is 63.4 Å². The number of methoxy groups -OCH3 is 1. The number of aryl methyl sites for hydroxylation is 1. The Morgan fingerprint density at radius 3 is 2.52 bits per heavy atom. The maximum atomic E-state index is 14.1. The number of hydrogen-bond acceptors (Lipinski definition) is 5. The van der Waals surface area contributed by atoms with E-state index in [2.05, 4.69) is 23.2 Å². The van der Waals surface area contributed by atoms with Crippen molar-refractivity contribution in [1.29, 1.82) is 0 Å². The molecule has 0 aliphatic heterocycles. The quantitative estimate of drug-likeness (QED) is 0.140. The lowest BCUT2D eigenvalue weighted by atomic mass is 9.55. The first-order valence-electron chi connectivity index (χ1n) is 14.2. The monoisotopic (exact) mass is 580 g/mol. The summed E-state index contributed by atoms with van der Waals surface area (Å²) in [5.74, 6) is -5.06. The zero-order valence-corrected chi connectivity index (χ0v) is 23.5. The third kappa shape index (κ3) is 4.92. The zero-order valence-electron chi connectivity index (χ0n) is 23.5. The van der Waals surface area contributed by atoms with Crippen molar-refractivity contribution in [2.45, 2.75) is 58.0 Å². The van der Waals surface area contributed by atoms with Crippen LogP contribution in [0.15, 0.2) is 52.7 Å². The van der Waals surface area contributed by atoms with Crippen molar-refractivity contribution in [3.63, 3.8) is 0 Å². The van der Waals surface area contributed by atoms with E-state index in [-0.39, 0.29) is 18.1 Å². The van der Waals surface area contributed by atoms with Crippen LogP contribution < -0.4 is 9.47 Å². The van der Waals surface area contributed by atoms with Crippen LogP contribution in [0.5, 0.6) is 17.2 Å². The van der Waals surface area contributed by atoms with Gasteiger partial charge in [-0.1, -0.05) is 13.0 Å². The summed E-state index contributed by atoms with van der Waals surface area (Å²) >= 11 is 0. The van der Waals surface area contributed by atoms with Gasteiger partial charge in [0.05, 0.1) is 13.3 Å². The molecule has 0 heterocycles. The van der Waals surface area contributed by atoms with E-state index in [0.717, 1.165) is 44.2 Å². The first-order chi connectivity index (χ1) is 20.2. The molecule has 6 rings (SSSR count). The van der Waals surface area contributed by atoms with Gasteiger partial charge < -0.3 is 14.6 Å². The summed E-state index contributed by atoms with van der Waals surface area (Å²) in [6.45, 7) is 1.93. The molecule has 5 nitrogen and oxygen atoms in total. The predicted octanol–water partition coefficient (Wildman–Crippen LogP) is 7.87. The van der Waals surface area contributed by atoms with Crippen LogP contribution in [-0.4, -0.2) is 24.1 Å². The number of fused-ring (bicyclic) bond motifs is 5. The maximum absolute atomic E-state index is 14.1. The standard InChI is InChI=1S/C33H32F4N2O3/c1-33-12-11-23-22-7-5-21(40)14-19(22)4-6-24(23)25(33)8-10-29(33)39-38-16-18-3-9-28(41-2)20(13-18)17-42-32-30(36)26(34)15-27(35)31(32)37/h3,5,7,9,13-16,23-25,40H,4,6,8,10-12,17H2,1-2H3/b38-16+,39-29+. The lowest BCUT2D eigenvalue weighted by Crippen LogP contribution is -2.42. The number of halogens is 4. The highest BCUT2D eigenvalue weighted by Gasteiger charge is 2.53. The molecule has 0 amide bonds. The molecule has 0 radical (unpaired) electrons. The third-order valence-corrected chi connectivity index (χ3v) is 9.58. The van der Waals surface area contributed by atoms with Crippen LogP contribution in [0.4, 0.5) is 17.6 Å². The normalized spacial score (nSPS) is 25.8. The average molecular weight is 581 g/mol. The Morgan fingerprint density at radius 2 is 1.76 bits per heavy atom. The van der Waals surface area contributed by atoms with Crippen LogP contribution >= 0.6 is 0 Å². The highest BCUT2D eigenvalue weighted by Crippen LogP contribution is 2.60. The molecule has 2 saturated carbocycles. The van der Waals surface area contributed by atoms with Crippen LogP contribution in [-0.2, 0) is 13.0 Å². The van der Waals surface area contributed by atoms with Crippen molar-refractivity contribution in [3.8, 4) is 17.2 Å². The fraction of sp³-hybridized carbons (Fsp3) is 0.394. The average Bonchev–Trinajstić information content (AvgIpc) is 3.32. The van der Waals surface area contributed by atoms with E-state index in [1.165, 1.54) is 18.2 Å². The molecule has 4 unspecified atom stereocenters. The van der Waals surface area contributed by atoms with Gasteiger partial charge in [-0.05, 0) is 103 Å². The number of phenols is 1. The van der Waals surface area contributed by atoms with Gasteiger partial charge in [-0.3, -0.25) is 0 Å². The Kier molecular flexibility index (Phi) is 7.45. The zero-order chi connectivity index (χ0) is 29.6. The molecule has 42 heavy (non-hydrogen) atoms. The first kappa shape index (κ1) is 28.2. The van der Waals surface area contributed by atoms with Gasteiger partial charge in [0.15, 0.2) is 17.4 Å². The smallest absolute Gasteiger partial charge is 0.203 e. The van der Waals surface area contributed by atoms with Crippen LogP contribution in [0.2, 0.25) is 0 Å². The Bertz CT molecular complexity index is 1560. The molecule has 3 aliphatic carbocycles. The summed E-state index contributed by atoms with van der Waals surface area (Å²) in [5.41, 5.74) is 4.83. The Balaban J connectivity index is 1.18. The molecule has 3 aromatic carbocycles. The van der Waals surface area contributed by atoms with Crippen molar-refractivity contribution in [2.75, 3.05) is 7.11 Å². The number of rotatable bonds is 6. The minimum Gasteiger partial charge on any atom is -0.508 e. The second kappa shape index (κ2) is 11.1. The summed E-state index contributed by atoms with van der Waals surface area (Å²) in [4.78, 5) is 0. The molecule has 3 aliphatic rings. The SMILES string of the molecule is COc1ccc(/C=N/N=C2\CCC3C4CCc5cc(O)ccc5C4CCC23C)cc1COc1c(F)c(F)cc(F)c1F. The van der Waals surface area contributed by atoms with Crippen molar-refractivity contribution >= 4 is 11.9 Å². The number of ether oxygens (including phenoxy) is 2. The summed E-state index contributed by atoms with van der Waals surface area (Å²) in [5, 5.41) is 19.0. The van der Waals surface area contributed by atoms with Crippen LogP contribution in [0.3, 0.4) is 0 Å². The fourth-order valence-corrected chi connectivity index (χ4v) is 7.51. The first-order valence-corrected chi connectivity index (χ1v) is 14.2. The fourth-order valence-electron chi connectivity index (χ4n) is 7.51.